The molecule has 4 rings (SSSR count). The van der Waals surface area contributed by atoms with Gasteiger partial charge >= 0.3 is 6.09 Å². The Bertz CT molecular complexity index is 857. The lowest BCUT2D eigenvalue weighted by molar-refractivity contribution is 0.147. The summed E-state index contributed by atoms with van der Waals surface area (Å²) in [6.45, 7) is 1.12. The topological polar surface area (TPSA) is 53.7 Å². The average Bonchev–Trinajstić information content (AvgIpc) is 2.93. The van der Waals surface area contributed by atoms with Crippen LogP contribution in [0, 0.1) is 0 Å². The smallest absolute Gasteiger partial charge is 0.407 e. The number of nitrogens with zero attached hydrogens (tertiary/aromatic N) is 1. The van der Waals surface area contributed by atoms with E-state index in [0.29, 0.717) is 13.1 Å². The van der Waals surface area contributed by atoms with Gasteiger partial charge in [-0.3, -0.25) is 0 Å². The van der Waals surface area contributed by atoms with E-state index in [4.69, 9.17) is 4.42 Å². The minimum atomic E-state index is -0.838. The van der Waals surface area contributed by atoms with Crippen molar-refractivity contribution in [3.8, 4) is 0 Å². The van der Waals surface area contributed by atoms with Gasteiger partial charge in [-0.15, -0.1) is 0 Å². The molecule has 1 atom stereocenters. The molecule has 2 aromatic carbocycles. The summed E-state index contributed by atoms with van der Waals surface area (Å²) in [5.41, 5.74) is 2.91. The van der Waals surface area contributed by atoms with Gasteiger partial charge in [0.15, 0.2) is 0 Å². The molecule has 1 N–H and O–H groups in total. The first kappa shape index (κ1) is 13.5. The van der Waals surface area contributed by atoms with Gasteiger partial charge in [0.1, 0.15) is 11.2 Å². The van der Waals surface area contributed by atoms with E-state index in [9.17, 15) is 9.90 Å². The van der Waals surface area contributed by atoms with E-state index >= 15 is 0 Å². The Labute approximate surface area is 131 Å². The molecule has 22 heavy (non-hydrogen) atoms. The predicted molar refractivity (Wildman–Crippen MR) is 88.5 cm³/mol. The maximum Gasteiger partial charge on any atom is 0.407 e. The lowest BCUT2D eigenvalue weighted by Gasteiger charge is -2.30. The monoisotopic (exact) mass is 313 g/mol. The van der Waals surface area contributed by atoms with Crippen LogP contribution < -0.4 is 0 Å². The number of carbonyl (C=O) groups is 1. The van der Waals surface area contributed by atoms with Gasteiger partial charge in [-0.2, -0.15) is 11.8 Å². The van der Waals surface area contributed by atoms with E-state index in [2.05, 4.69) is 12.1 Å². The van der Waals surface area contributed by atoms with Crippen LogP contribution in [0.4, 0.5) is 4.79 Å². The van der Waals surface area contributed by atoms with Crippen molar-refractivity contribution in [1.82, 2.24) is 4.90 Å². The molecule has 1 saturated heterocycles. The number of hydrogen-bond donors (Lipinski definition) is 1. The molecular weight excluding hydrogens is 298 g/mol. The van der Waals surface area contributed by atoms with Crippen molar-refractivity contribution in [2.75, 3.05) is 18.8 Å². The average molecular weight is 313 g/mol. The summed E-state index contributed by atoms with van der Waals surface area (Å²) in [4.78, 5) is 12.8. The molecule has 5 heteroatoms. The van der Waals surface area contributed by atoms with Gasteiger partial charge in [0, 0.05) is 34.9 Å². The highest BCUT2D eigenvalue weighted by Crippen LogP contribution is 2.40. The van der Waals surface area contributed by atoms with Gasteiger partial charge in [-0.25, -0.2) is 4.79 Å². The number of thioether (sulfide) groups is 1. The van der Waals surface area contributed by atoms with Crippen LogP contribution in [0.1, 0.15) is 10.8 Å². The van der Waals surface area contributed by atoms with Gasteiger partial charge < -0.3 is 14.4 Å². The zero-order valence-electron chi connectivity index (χ0n) is 11.9. The summed E-state index contributed by atoms with van der Waals surface area (Å²) in [7, 11) is 0. The van der Waals surface area contributed by atoms with Crippen LogP contribution in [0.2, 0.25) is 0 Å². The van der Waals surface area contributed by atoms with Crippen molar-refractivity contribution in [3.63, 3.8) is 0 Å². The Hall–Kier alpha value is -2.14. The van der Waals surface area contributed by atoms with Crippen LogP contribution in [0.15, 0.2) is 46.9 Å². The molecule has 2 heterocycles. The summed E-state index contributed by atoms with van der Waals surface area (Å²) in [5, 5.41) is 11.6. The minimum absolute atomic E-state index is 0.148. The fraction of sp³-hybridized carbons (Fsp3) is 0.235. The van der Waals surface area contributed by atoms with E-state index < -0.39 is 6.09 Å². The molecule has 1 fully saturated rings. The van der Waals surface area contributed by atoms with E-state index in [1.165, 1.54) is 10.5 Å². The molecule has 4 nitrogen and oxygen atoms in total. The van der Waals surface area contributed by atoms with E-state index in [-0.39, 0.29) is 5.25 Å². The van der Waals surface area contributed by atoms with Crippen molar-refractivity contribution in [3.05, 3.63) is 48.0 Å². The quantitative estimate of drug-likeness (QED) is 0.725. The number of fused-ring (bicyclic) bond motifs is 3. The number of para-hydroxylation sites is 1. The predicted octanol–water partition coefficient (Wildman–Crippen LogP) is 4.35. The van der Waals surface area contributed by atoms with Crippen molar-refractivity contribution in [2.45, 2.75) is 5.25 Å². The van der Waals surface area contributed by atoms with Crippen LogP contribution in [-0.4, -0.2) is 34.9 Å². The van der Waals surface area contributed by atoms with Crippen molar-refractivity contribution in [1.29, 1.82) is 0 Å². The molecule has 0 saturated carbocycles. The van der Waals surface area contributed by atoms with Crippen LogP contribution in [-0.2, 0) is 0 Å². The molecule has 1 aliphatic rings. The zero-order chi connectivity index (χ0) is 15.1. The second-order valence-corrected chi connectivity index (χ2v) is 6.72. The summed E-state index contributed by atoms with van der Waals surface area (Å²) in [6.07, 6.45) is -0.838. The molecule has 0 spiro atoms. The van der Waals surface area contributed by atoms with E-state index in [0.717, 1.165) is 27.7 Å². The molecule has 1 amide bonds. The largest absolute Gasteiger partial charge is 0.465 e. The van der Waals surface area contributed by atoms with Gasteiger partial charge in [-0.05, 0) is 17.7 Å². The SMILES string of the molecule is O=C(O)N1CCSC(c2cccc3oc4ccccc4c23)C1. The lowest BCUT2D eigenvalue weighted by Crippen LogP contribution is -2.38. The second kappa shape index (κ2) is 5.25. The molecular formula is C17H15NO3S. The zero-order valence-corrected chi connectivity index (χ0v) is 12.7. The first-order chi connectivity index (χ1) is 10.7. The Morgan fingerprint density at radius 2 is 2.00 bits per heavy atom. The lowest BCUT2D eigenvalue weighted by atomic mass is 10.0. The third kappa shape index (κ3) is 2.13. The third-order valence-corrected chi connectivity index (χ3v) is 5.34. The standard InChI is InChI=1S/C17H15NO3S/c19-17(20)18-8-9-22-15(10-18)12-5-3-7-14-16(12)11-4-1-2-6-13(11)21-14/h1-7,15H,8-10H2,(H,19,20). The number of furan rings is 1. The first-order valence-electron chi connectivity index (χ1n) is 7.23. The highest BCUT2D eigenvalue weighted by Gasteiger charge is 2.27. The summed E-state index contributed by atoms with van der Waals surface area (Å²) in [5.74, 6) is 0.823. The Balaban J connectivity index is 1.86. The van der Waals surface area contributed by atoms with Gasteiger partial charge in [0.05, 0.1) is 0 Å². The molecule has 1 aliphatic heterocycles. The van der Waals surface area contributed by atoms with Gasteiger partial charge in [-0.1, -0.05) is 30.3 Å². The number of rotatable bonds is 1. The summed E-state index contributed by atoms with van der Waals surface area (Å²) in [6, 6.07) is 14.1. The fourth-order valence-electron chi connectivity index (χ4n) is 3.08. The normalized spacial score (nSPS) is 18.9. The molecule has 112 valence electrons. The van der Waals surface area contributed by atoms with Crippen molar-refractivity contribution >= 4 is 39.8 Å². The van der Waals surface area contributed by atoms with Crippen molar-refractivity contribution < 1.29 is 14.3 Å². The molecule has 0 aliphatic carbocycles. The number of hydrogen-bond acceptors (Lipinski definition) is 3. The van der Waals surface area contributed by atoms with Crippen molar-refractivity contribution in [2.24, 2.45) is 0 Å². The summed E-state index contributed by atoms with van der Waals surface area (Å²) >= 11 is 1.82. The molecule has 0 radical (unpaired) electrons. The highest BCUT2D eigenvalue weighted by atomic mass is 32.2. The Morgan fingerprint density at radius 3 is 2.86 bits per heavy atom. The van der Waals surface area contributed by atoms with Crippen LogP contribution in [0.25, 0.3) is 21.9 Å². The van der Waals surface area contributed by atoms with Crippen LogP contribution in [0.5, 0.6) is 0 Å². The summed E-state index contributed by atoms with van der Waals surface area (Å²) < 4.78 is 5.92. The Kier molecular flexibility index (Phi) is 3.22. The number of benzene rings is 2. The minimum Gasteiger partial charge on any atom is -0.465 e. The van der Waals surface area contributed by atoms with E-state index in [1.54, 1.807) is 0 Å². The second-order valence-electron chi connectivity index (χ2n) is 5.41. The van der Waals surface area contributed by atoms with E-state index in [1.807, 2.05) is 42.1 Å². The van der Waals surface area contributed by atoms with Gasteiger partial charge in [0.25, 0.3) is 0 Å². The maximum absolute atomic E-state index is 11.3. The maximum atomic E-state index is 11.3. The number of amides is 1. The molecule has 1 unspecified atom stereocenters. The molecule has 3 aromatic rings. The first-order valence-corrected chi connectivity index (χ1v) is 8.28. The highest BCUT2D eigenvalue weighted by molar-refractivity contribution is 7.99. The van der Waals surface area contributed by atoms with Crippen LogP contribution in [0.3, 0.4) is 0 Å². The molecule has 0 bridgehead atoms. The Morgan fingerprint density at radius 1 is 1.18 bits per heavy atom. The fourth-order valence-corrected chi connectivity index (χ4v) is 4.35. The number of carboxylic acid groups (broad SMARTS) is 1. The molecule has 1 aromatic heterocycles. The third-order valence-electron chi connectivity index (χ3n) is 4.12. The van der Waals surface area contributed by atoms with Crippen LogP contribution >= 0.6 is 11.8 Å². The van der Waals surface area contributed by atoms with Gasteiger partial charge in [0.2, 0.25) is 0 Å².